The van der Waals surface area contributed by atoms with E-state index in [4.69, 9.17) is 0 Å². The number of thiazole rings is 1. The lowest BCUT2D eigenvalue weighted by molar-refractivity contribution is -0.132. The van der Waals surface area contributed by atoms with Crippen molar-refractivity contribution in [1.29, 1.82) is 0 Å². The van der Waals surface area contributed by atoms with Crippen LogP contribution in [-0.2, 0) is 9.59 Å². The molecule has 1 aliphatic rings. The number of halogens is 1. The molecule has 146 valence electrons. The molecule has 1 N–H and O–H groups in total. The number of Topliss-reactive ketones (excluding diaryl/α,β-unsaturated/α-hetero) is 1. The summed E-state index contributed by atoms with van der Waals surface area (Å²) in [5, 5.41) is 13.3. The third-order valence-electron chi connectivity index (χ3n) is 4.88. The zero-order chi connectivity index (χ0) is 20.7. The first-order valence-electron chi connectivity index (χ1n) is 8.92. The number of ketones is 1. The Morgan fingerprint density at radius 2 is 1.97 bits per heavy atom. The summed E-state index contributed by atoms with van der Waals surface area (Å²) < 4.78 is 0.812. The number of aliphatic hydroxyl groups excluding tert-OH is 1. The largest absolute Gasteiger partial charge is 0.507 e. The fourth-order valence-electron chi connectivity index (χ4n) is 3.49. The minimum absolute atomic E-state index is 0.0667. The van der Waals surface area contributed by atoms with E-state index in [1.165, 1.54) is 16.2 Å². The molecule has 0 radical (unpaired) electrons. The lowest BCUT2D eigenvalue weighted by Crippen LogP contribution is -2.29. The Kier molecular flexibility index (Phi) is 5.10. The van der Waals surface area contributed by atoms with Crippen molar-refractivity contribution in [3.05, 3.63) is 86.3 Å². The van der Waals surface area contributed by atoms with Crippen LogP contribution in [0.25, 0.3) is 5.76 Å². The van der Waals surface area contributed by atoms with Crippen LogP contribution in [-0.4, -0.2) is 21.8 Å². The molecule has 1 fully saturated rings. The number of hydrogen-bond donors (Lipinski definition) is 1. The van der Waals surface area contributed by atoms with E-state index in [2.05, 4.69) is 20.9 Å². The number of aliphatic hydroxyl groups is 1. The van der Waals surface area contributed by atoms with Crippen LogP contribution < -0.4 is 4.90 Å². The van der Waals surface area contributed by atoms with Crippen molar-refractivity contribution < 1.29 is 14.7 Å². The molecule has 7 heteroatoms. The molecule has 0 saturated carbocycles. The first kappa shape index (κ1) is 19.5. The number of rotatable bonds is 3. The van der Waals surface area contributed by atoms with E-state index in [0.717, 1.165) is 15.6 Å². The van der Waals surface area contributed by atoms with Gasteiger partial charge < -0.3 is 5.11 Å². The number of benzene rings is 2. The molecular formula is C22H17BrN2O3S. The maximum atomic E-state index is 13.0. The number of carbonyl (C=O) groups is 2. The van der Waals surface area contributed by atoms with Crippen molar-refractivity contribution >= 4 is 49.8 Å². The topological polar surface area (TPSA) is 70.5 Å². The fourth-order valence-corrected chi connectivity index (χ4v) is 4.58. The van der Waals surface area contributed by atoms with Gasteiger partial charge in [-0.2, -0.15) is 0 Å². The van der Waals surface area contributed by atoms with Crippen molar-refractivity contribution in [2.45, 2.75) is 19.9 Å². The SMILES string of the molecule is Cc1ccc(C)c(C(O)=C2C(=O)C(=O)N(c3nccs3)C2c2cccc(Br)c2)c1. The summed E-state index contributed by atoms with van der Waals surface area (Å²) in [6, 6.07) is 12.2. The molecule has 29 heavy (non-hydrogen) atoms. The molecule has 4 rings (SSSR count). The Labute approximate surface area is 180 Å². The second-order valence-corrected chi connectivity index (χ2v) is 8.65. The summed E-state index contributed by atoms with van der Waals surface area (Å²) >= 11 is 4.72. The van der Waals surface area contributed by atoms with Gasteiger partial charge in [0.25, 0.3) is 5.78 Å². The first-order valence-corrected chi connectivity index (χ1v) is 10.6. The Morgan fingerprint density at radius 1 is 1.17 bits per heavy atom. The third kappa shape index (κ3) is 3.41. The van der Waals surface area contributed by atoms with Gasteiger partial charge in [0.2, 0.25) is 0 Å². The van der Waals surface area contributed by atoms with Gasteiger partial charge in [-0.3, -0.25) is 14.5 Å². The molecule has 0 spiro atoms. The number of carbonyl (C=O) groups excluding carboxylic acids is 2. The molecule has 2 heterocycles. The Hall–Kier alpha value is -2.77. The summed E-state index contributed by atoms with van der Waals surface area (Å²) in [7, 11) is 0. The van der Waals surface area contributed by atoms with E-state index in [-0.39, 0.29) is 11.3 Å². The second-order valence-electron chi connectivity index (χ2n) is 6.86. The van der Waals surface area contributed by atoms with Crippen molar-refractivity contribution in [2.24, 2.45) is 0 Å². The van der Waals surface area contributed by atoms with Gasteiger partial charge in [0, 0.05) is 21.6 Å². The molecule has 5 nitrogen and oxygen atoms in total. The Bertz CT molecular complexity index is 1150. The zero-order valence-corrected chi connectivity index (χ0v) is 18.1. The van der Waals surface area contributed by atoms with Crippen molar-refractivity contribution in [3.63, 3.8) is 0 Å². The van der Waals surface area contributed by atoms with Gasteiger partial charge in [0.15, 0.2) is 5.13 Å². The van der Waals surface area contributed by atoms with Crippen molar-refractivity contribution in [2.75, 3.05) is 4.90 Å². The minimum atomic E-state index is -0.765. The summed E-state index contributed by atoms with van der Waals surface area (Å²) in [5.41, 5.74) is 3.09. The van der Waals surface area contributed by atoms with Crippen LogP contribution in [0.15, 0.2) is 64.1 Å². The average Bonchev–Trinajstić information content (AvgIpc) is 3.30. The van der Waals surface area contributed by atoms with Gasteiger partial charge >= 0.3 is 5.91 Å². The van der Waals surface area contributed by atoms with E-state index >= 15 is 0 Å². The first-order chi connectivity index (χ1) is 13.9. The van der Waals surface area contributed by atoms with Gasteiger partial charge in [0.05, 0.1) is 11.6 Å². The van der Waals surface area contributed by atoms with Crippen LogP contribution in [0.4, 0.5) is 5.13 Å². The minimum Gasteiger partial charge on any atom is -0.507 e. The number of hydrogen-bond acceptors (Lipinski definition) is 5. The van der Waals surface area contributed by atoms with Crippen LogP contribution in [0.2, 0.25) is 0 Å². The number of aryl methyl sites for hydroxylation is 2. The molecular weight excluding hydrogens is 452 g/mol. The number of amides is 1. The fraction of sp³-hybridized carbons (Fsp3) is 0.136. The molecule has 1 saturated heterocycles. The van der Waals surface area contributed by atoms with Crippen LogP contribution in [0.3, 0.4) is 0 Å². The molecule has 1 aliphatic heterocycles. The van der Waals surface area contributed by atoms with Crippen LogP contribution in [0, 0.1) is 13.8 Å². The van der Waals surface area contributed by atoms with Crippen LogP contribution >= 0.6 is 27.3 Å². The van der Waals surface area contributed by atoms with Gasteiger partial charge in [0.1, 0.15) is 5.76 Å². The Morgan fingerprint density at radius 3 is 2.66 bits per heavy atom. The predicted molar refractivity (Wildman–Crippen MR) is 117 cm³/mol. The van der Waals surface area contributed by atoms with E-state index in [0.29, 0.717) is 16.3 Å². The van der Waals surface area contributed by atoms with Crippen LogP contribution in [0.5, 0.6) is 0 Å². The molecule has 1 unspecified atom stereocenters. The number of anilines is 1. The van der Waals surface area contributed by atoms with Gasteiger partial charge in [-0.15, -0.1) is 11.3 Å². The molecule has 0 bridgehead atoms. The molecule has 3 aromatic rings. The highest BCUT2D eigenvalue weighted by Crippen LogP contribution is 2.43. The van der Waals surface area contributed by atoms with E-state index in [1.807, 2.05) is 56.3 Å². The second kappa shape index (κ2) is 7.57. The standard InChI is InChI=1S/C22H17BrN2O3S/c1-12-6-7-13(2)16(10-12)19(26)17-18(14-4-3-5-15(23)11-14)25(21(28)20(17)27)22-24-8-9-29-22/h3-11,18,26H,1-2H3. The van der Waals surface area contributed by atoms with Gasteiger partial charge in [-0.05, 0) is 43.2 Å². The molecule has 1 aromatic heterocycles. The molecule has 0 aliphatic carbocycles. The maximum Gasteiger partial charge on any atom is 0.301 e. The van der Waals surface area contributed by atoms with E-state index < -0.39 is 17.7 Å². The molecule has 1 amide bonds. The smallest absolute Gasteiger partial charge is 0.301 e. The summed E-state index contributed by atoms with van der Waals surface area (Å²) in [6.07, 6.45) is 1.59. The van der Waals surface area contributed by atoms with Crippen LogP contribution in [0.1, 0.15) is 28.3 Å². The summed E-state index contributed by atoms with van der Waals surface area (Å²) in [5.74, 6) is -1.59. The number of nitrogens with zero attached hydrogens (tertiary/aromatic N) is 2. The van der Waals surface area contributed by atoms with Gasteiger partial charge in [-0.25, -0.2) is 4.98 Å². The maximum absolute atomic E-state index is 13.0. The lowest BCUT2D eigenvalue weighted by Gasteiger charge is -2.23. The quantitative estimate of drug-likeness (QED) is 0.327. The summed E-state index contributed by atoms with van der Waals surface area (Å²) in [6.45, 7) is 3.77. The molecule has 1 atom stereocenters. The third-order valence-corrected chi connectivity index (χ3v) is 6.15. The predicted octanol–water partition coefficient (Wildman–Crippen LogP) is 5.15. The van der Waals surface area contributed by atoms with Crippen molar-refractivity contribution in [3.8, 4) is 0 Å². The number of aromatic nitrogens is 1. The lowest BCUT2D eigenvalue weighted by atomic mass is 9.93. The normalized spacial score (nSPS) is 18.4. The van der Waals surface area contributed by atoms with Gasteiger partial charge in [-0.1, -0.05) is 45.8 Å². The Balaban J connectivity index is 1.99. The monoisotopic (exact) mass is 468 g/mol. The zero-order valence-electron chi connectivity index (χ0n) is 15.7. The van der Waals surface area contributed by atoms with E-state index in [1.54, 1.807) is 11.6 Å². The highest BCUT2D eigenvalue weighted by atomic mass is 79.9. The summed E-state index contributed by atoms with van der Waals surface area (Å²) in [4.78, 5) is 31.6. The van der Waals surface area contributed by atoms with Crippen molar-refractivity contribution in [1.82, 2.24) is 4.98 Å². The van der Waals surface area contributed by atoms with E-state index in [9.17, 15) is 14.7 Å². The highest BCUT2D eigenvalue weighted by molar-refractivity contribution is 9.10. The molecule has 2 aromatic carbocycles. The highest BCUT2D eigenvalue weighted by Gasteiger charge is 2.48. The average molecular weight is 469 g/mol.